The van der Waals surface area contributed by atoms with Gasteiger partial charge in [-0.15, -0.1) is 0 Å². The van der Waals surface area contributed by atoms with Gasteiger partial charge in [0, 0.05) is 6.04 Å². The van der Waals surface area contributed by atoms with Gasteiger partial charge in [0.25, 0.3) is 0 Å². The molecule has 0 atom stereocenters. The van der Waals surface area contributed by atoms with Crippen LogP contribution in [0.15, 0.2) is 0 Å². The molecule has 1 saturated carbocycles. The van der Waals surface area contributed by atoms with Crippen LogP contribution in [-0.4, -0.2) is 13.1 Å². The van der Waals surface area contributed by atoms with Gasteiger partial charge in [0.05, 0.1) is 0 Å². The van der Waals surface area contributed by atoms with E-state index >= 15 is 0 Å². The summed E-state index contributed by atoms with van der Waals surface area (Å²) < 4.78 is 0. The molecule has 0 aliphatic heterocycles. The second-order valence-electron chi connectivity index (χ2n) is 4.39. The Balaban J connectivity index is 2.32. The molecule has 0 spiro atoms. The van der Waals surface area contributed by atoms with E-state index in [0.29, 0.717) is 0 Å². The fourth-order valence-electron chi connectivity index (χ4n) is 2.78. The Morgan fingerprint density at radius 1 is 1.17 bits per heavy atom. The maximum atomic E-state index is 3.37. The van der Waals surface area contributed by atoms with Crippen molar-refractivity contribution in [1.82, 2.24) is 5.32 Å². The highest BCUT2D eigenvalue weighted by Gasteiger charge is 2.41. The molecule has 12 heavy (non-hydrogen) atoms. The molecule has 72 valence electrons. The molecule has 1 rings (SSSR count). The molecule has 0 aromatic carbocycles. The van der Waals surface area contributed by atoms with Crippen LogP contribution in [0, 0.1) is 5.41 Å². The summed E-state index contributed by atoms with van der Waals surface area (Å²) >= 11 is 0. The topological polar surface area (TPSA) is 12.0 Å². The van der Waals surface area contributed by atoms with Crippen molar-refractivity contribution in [3.63, 3.8) is 0 Å². The van der Waals surface area contributed by atoms with Crippen molar-refractivity contribution in [2.45, 2.75) is 58.4 Å². The standard InChI is InChI=1S/C11H23N/c1-4-6-11(7-5-2)8-10(9-11)12-3/h10,12H,4-9H2,1-3H3. The first kappa shape index (κ1) is 10.0. The SMILES string of the molecule is CCCC1(CCC)CC(NC)C1. The third-order valence-corrected chi connectivity index (χ3v) is 3.33. The highest BCUT2D eigenvalue weighted by molar-refractivity contribution is 4.96. The average Bonchev–Trinajstić information content (AvgIpc) is 1.99. The molecule has 1 heteroatoms. The molecule has 1 aliphatic rings. The molecule has 1 nitrogen and oxygen atoms in total. The van der Waals surface area contributed by atoms with Crippen LogP contribution < -0.4 is 5.32 Å². The summed E-state index contributed by atoms with van der Waals surface area (Å²) in [6.45, 7) is 4.62. The van der Waals surface area contributed by atoms with Crippen LogP contribution in [0.4, 0.5) is 0 Å². The van der Waals surface area contributed by atoms with Crippen LogP contribution in [-0.2, 0) is 0 Å². The zero-order chi connectivity index (χ0) is 9.03. The first-order valence-corrected chi connectivity index (χ1v) is 5.43. The third-order valence-electron chi connectivity index (χ3n) is 3.33. The monoisotopic (exact) mass is 169 g/mol. The molecule has 1 N–H and O–H groups in total. The average molecular weight is 169 g/mol. The van der Waals surface area contributed by atoms with Crippen molar-refractivity contribution in [1.29, 1.82) is 0 Å². The summed E-state index contributed by atoms with van der Waals surface area (Å²) in [5, 5.41) is 3.37. The predicted octanol–water partition coefficient (Wildman–Crippen LogP) is 2.95. The maximum Gasteiger partial charge on any atom is 0.00746 e. The van der Waals surface area contributed by atoms with Crippen molar-refractivity contribution in [3.05, 3.63) is 0 Å². The Hall–Kier alpha value is -0.0400. The minimum atomic E-state index is 0.733. The van der Waals surface area contributed by atoms with E-state index in [9.17, 15) is 0 Å². The lowest BCUT2D eigenvalue weighted by Gasteiger charge is -2.48. The zero-order valence-electron chi connectivity index (χ0n) is 8.82. The van der Waals surface area contributed by atoms with Crippen LogP contribution in [0.1, 0.15) is 52.4 Å². The van der Waals surface area contributed by atoms with Gasteiger partial charge >= 0.3 is 0 Å². The fraction of sp³-hybridized carbons (Fsp3) is 1.00. The summed E-state index contributed by atoms with van der Waals surface area (Å²) in [6.07, 6.45) is 8.45. The lowest BCUT2D eigenvalue weighted by atomic mass is 9.61. The Morgan fingerprint density at radius 2 is 1.67 bits per heavy atom. The van der Waals surface area contributed by atoms with Gasteiger partial charge in [0.1, 0.15) is 0 Å². The molecular formula is C11H23N. The molecule has 0 amide bonds. The number of hydrogen-bond acceptors (Lipinski definition) is 1. The van der Waals surface area contributed by atoms with E-state index in [1.54, 1.807) is 0 Å². The van der Waals surface area contributed by atoms with Crippen LogP contribution in [0.2, 0.25) is 0 Å². The number of hydrogen-bond donors (Lipinski definition) is 1. The first-order valence-electron chi connectivity index (χ1n) is 5.43. The van der Waals surface area contributed by atoms with Crippen LogP contribution in [0.5, 0.6) is 0 Å². The highest BCUT2D eigenvalue weighted by atomic mass is 14.9. The van der Waals surface area contributed by atoms with E-state index in [4.69, 9.17) is 0 Å². The van der Waals surface area contributed by atoms with Gasteiger partial charge in [-0.3, -0.25) is 0 Å². The van der Waals surface area contributed by atoms with Gasteiger partial charge in [-0.25, -0.2) is 0 Å². The second-order valence-corrected chi connectivity index (χ2v) is 4.39. The first-order chi connectivity index (χ1) is 5.76. The Kier molecular flexibility index (Phi) is 3.57. The van der Waals surface area contributed by atoms with E-state index in [1.165, 1.54) is 38.5 Å². The normalized spacial score (nSPS) is 22.2. The van der Waals surface area contributed by atoms with E-state index in [2.05, 4.69) is 26.2 Å². The fourth-order valence-corrected chi connectivity index (χ4v) is 2.78. The van der Waals surface area contributed by atoms with Gasteiger partial charge in [-0.05, 0) is 38.1 Å². The minimum absolute atomic E-state index is 0.733. The molecule has 0 radical (unpaired) electrons. The summed E-state index contributed by atoms with van der Waals surface area (Å²) in [5.74, 6) is 0. The molecule has 0 unspecified atom stereocenters. The van der Waals surface area contributed by atoms with Crippen molar-refractivity contribution in [2.24, 2.45) is 5.41 Å². The highest BCUT2D eigenvalue weighted by Crippen LogP contribution is 2.48. The maximum absolute atomic E-state index is 3.37. The third kappa shape index (κ3) is 2.01. The second kappa shape index (κ2) is 4.27. The molecule has 1 fully saturated rings. The zero-order valence-corrected chi connectivity index (χ0v) is 8.82. The molecule has 0 aromatic rings. The van der Waals surface area contributed by atoms with E-state index in [-0.39, 0.29) is 0 Å². The summed E-state index contributed by atoms with van der Waals surface area (Å²) in [6, 6.07) is 0.822. The Bertz CT molecular complexity index is 117. The van der Waals surface area contributed by atoms with E-state index in [0.717, 1.165) is 11.5 Å². The van der Waals surface area contributed by atoms with Crippen molar-refractivity contribution < 1.29 is 0 Å². The lowest BCUT2D eigenvalue weighted by molar-refractivity contribution is 0.0632. The quantitative estimate of drug-likeness (QED) is 0.667. The lowest BCUT2D eigenvalue weighted by Crippen LogP contribution is -2.47. The van der Waals surface area contributed by atoms with Crippen molar-refractivity contribution in [3.8, 4) is 0 Å². The van der Waals surface area contributed by atoms with Gasteiger partial charge in [0.2, 0.25) is 0 Å². The molecule has 1 aliphatic carbocycles. The number of rotatable bonds is 5. The van der Waals surface area contributed by atoms with Gasteiger partial charge in [-0.1, -0.05) is 26.7 Å². The predicted molar refractivity (Wildman–Crippen MR) is 54.3 cm³/mol. The van der Waals surface area contributed by atoms with Gasteiger partial charge in [-0.2, -0.15) is 0 Å². The minimum Gasteiger partial charge on any atom is -0.317 e. The van der Waals surface area contributed by atoms with Crippen LogP contribution >= 0.6 is 0 Å². The number of nitrogens with one attached hydrogen (secondary N) is 1. The van der Waals surface area contributed by atoms with E-state index < -0.39 is 0 Å². The summed E-state index contributed by atoms with van der Waals surface area (Å²) in [7, 11) is 2.09. The Labute approximate surface area is 76.9 Å². The molecule has 0 aromatic heterocycles. The van der Waals surface area contributed by atoms with E-state index in [1.807, 2.05) is 0 Å². The molecule has 0 bridgehead atoms. The summed E-state index contributed by atoms with van der Waals surface area (Å²) in [4.78, 5) is 0. The molecule has 0 saturated heterocycles. The largest absolute Gasteiger partial charge is 0.317 e. The van der Waals surface area contributed by atoms with Gasteiger partial charge < -0.3 is 5.32 Å². The summed E-state index contributed by atoms with van der Waals surface area (Å²) in [5.41, 5.74) is 0.733. The van der Waals surface area contributed by atoms with Crippen molar-refractivity contribution in [2.75, 3.05) is 7.05 Å². The van der Waals surface area contributed by atoms with Gasteiger partial charge in [0.15, 0.2) is 0 Å². The smallest absolute Gasteiger partial charge is 0.00746 e. The Morgan fingerprint density at radius 3 is 2.00 bits per heavy atom. The van der Waals surface area contributed by atoms with Crippen LogP contribution in [0.25, 0.3) is 0 Å². The molecular weight excluding hydrogens is 146 g/mol. The molecule has 0 heterocycles. The van der Waals surface area contributed by atoms with Crippen molar-refractivity contribution >= 4 is 0 Å². The van der Waals surface area contributed by atoms with Crippen LogP contribution in [0.3, 0.4) is 0 Å².